The van der Waals surface area contributed by atoms with E-state index in [-0.39, 0.29) is 12.3 Å². The Hall–Kier alpha value is -2.82. The molecule has 0 unspecified atom stereocenters. The summed E-state index contributed by atoms with van der Waals surface area (Å²) >= 11 is 0. The summed E-state index contributed by atoms with van der Waals surface area (Å²) in [4.78, 5) is 25.3. The Balaban J connectivity index is 2.27. The predicted octanol–water partition coefficient (Wildman–Crippen LogP) is 3.66. The largest absolute Gasteiger partial charge is 0.443 e. The van der Waals surface area contributed by atoms with Gasteiger partial charge in [0.1, 0.15) is 5.60 Å². The van der Waals surface area contributed by atoms with E-state index in [9.17, 15) is 9.59 Å². The van der Waals surface area contributed by atoms with Gasteiger partial charge < -0.3 is 10.5 Å². The van der Waals surface area contributed by atoms with Gasteiger partial charge in [0.05, 0.1) is 13.0 Å². The van der Waals surface area contributed by atoms with Gasteiger partial charge >= 0.3 is 6.09 Å². The summed E-state index contributed by atoms with van der Waals surface area (Å²) in [6, 6.07) is 16.9. The minimum atomic E-state index is -0.585. The number of nitrogens with two attached hydrogens (primary N) is 1. The topological polar surface area (TPSA) is 72.6 Å². The monoisotopic (exact) mass is 340 g/mol. The van der Waals surface area contributed by atoms with E-state index < -0.39 is 11.7 Å². The zero-order valence-electron chi connectivity index (χ0n) is 14.9. The number of benzene rings is 2. The van der Waals surface area contributed by atoms with Gasteiger partial charge in [-0.1, -0.05) is 42.5 Å². The number of anilines is 1. The molecule has 2 amide bonds. The highest BCUT2D eigenvalue weighted by Gasteiger charge is 2.23. The number of hydrogen-bond acceptors (Lipinski definition) is 3. The van der Waals surface area contributed by atoms with Crippen LogP contribution in [0.25, 0.3) is 0 Å². The molecule has 0 aliphatic carbocycles. The maximum atomic E-state index is 12.7. The number of ether oxygens (including phenoxy) is 1. The number of carbonyl (C=O) groups excluding carboxylic acids is 2. The molecule has 2 aromatic carbocycles. The molecule has 0 aliphatic heterocycles. The molecule has 5 nitrogen and oxygen atoms in total. The van der Waals surface area contributed by atoms with Gasteiger partial charge in [0.15, 0.2) is 0 Å². The van der Waals surface area contributed by atoms with E-state index in [2.05, 4.69) is 0 Å². The highest BCUT2D eigenvalue weighted by atomic mass is 16.6. The third-order valence-corrected chi connectivity index (χ3v) is 3.42. The predicted molar refractivity (Wildman–Crippen MR) is 98.2 cm³/mol. The van der Waals surface area contributed by atoms with Crippen LogP contribution in [0.5, 0.6) is 0 Å². The SMILES string of the molecule is CC(C)(C)OC(=O)N(Cc1ccccc1)c1ccc(CC(N)=O)cc1. The highest BCUT2D eigenvalue weighted by Crippen LogP contribution is 2.22. The molecular weight excluding hydrogens is 316 g/mol. The molecule has 2 rings (SSSR count). The van der Waals surface area contributed by atoms with E-state index in [1.54, 1.807) is 29.2 Å². The fourth-order valence-electron chi connectivity index (χ4n) is 2.34. The van der Waals surface area contributed by atoms with Gasteiger partial charge in [0.2, 0.25) is 5.91 Å². The Morgan fingerprint density at radius 3 is 2.08 bits per heavy atom. The fourth-order valence-corrected chi connectivity index (χ4v) is 2.34. The number of hydrogen-bond donors (Lipinski definition) is 1. The van der Waals surface area contributed by atoms with Gasteiger partial charge in [0, 0.05) is 5.69 Å². The molecule has 0 radical (unpaired) electrons. The third kappa shape index (κ3) is 5.95. The second-order valence-electron chi connectivity index (χ2n) is 6.86. The molecule has 2 N–H and O–H groups in total. The zero-order chi connectivity index (χ0) is 18.4. The lowest BCUT2D eigenvalue weighted by atomic mass is 10.1. The molecule has 0 heterocycles. The van der Waals surface area contributed by atoms with E-state index in [0.29, 0.717) is 12.2 Å². The van der Waals surface area contributed by atoms with E-state index in [0.717, 1.165) is 11.1 Å². The van der Waals surface area contributed by atoms with Crippen LogP contribution >= 0.6 is 0 Å². The lowest BCUT2D eigenvalue weighted by Gasteiger charge is -2.27. The van der Waals surface area contributed by atoms with Crippen molar-refractivity contribution in [3.05, 3.63) is 65.7 Å². The summed E-state index contributed by atoms with van der Waals surface area (Å²) < 4.78 is 5.53. The first-order chi connectivity index (χ1) is 11.7. The van der Waals surface area contributed by atoms with Crippen molar-refractivity contribution in [2.75, 3.05) is 4.90 Å². The molecule has 25 heavy (non-hydrogen) atoms. The van der Waals surface area contributed by atoms with Crippen LogP contribution in [0.1, 0.15) is 31.9 Å². The van der Waals surface area contributed by atoms with Crippen molar-refractivity contribution in [3.63, 3.8) is 0 Å². The van der Waals surface area contributed by atoms with Gasteiger partial charge in [-0.25, -0.2) is 4.79 Å². The molecule has 0 saturated heterocycles. The Kier molecular flexibility index (Phi) is 5.80. The van der Waals surface area contributed by atoms with Gasteiger partial charge in [-0.05, 0) is 44.0 Å². The second kappa shape index (κ2) is 7.83. The van der Waals surface area contributed by atoms with Crippen LogP contribution in [-0.2, 0) is 22.5 Å². The van der Waals surface area contributed by atoms with Crippen LogP contribution in [0.15, 0.2) is 54.6 Å². The van der Waals surface area contributed by atoms with Crippen LogP contribution in [0.4, 0.5) is 10.5 Å². The van der Waals surface area contributed by atoms with Crippen LogP contribution in [-0.4, -0.2) is 17.6 Å². The molecule has 0 bridgehead atoms. The third-order valence-electron chi connectivity index (χ3n) is 3.42. The first-order valence-corrected chi connectivity index (χ1v) is 8.16. The van der Waals surface area contributed by atoms with E-state index in [1.807, 2.05) is 51.1 Å². The van der Waals surface area contributed by atoms with E-state index in [4.69, 9.17) is 10.5 Å². The lowest BCUT2D eigenvalue weighted by molar-refractivity contribution is -0.117. The maximum Gasteiger partial charge on any atom is 0.415 e. The Labute approximate surface area is 148 Å². The molecule has 0 spiro atoms. The average molecular weight is 340 g/mol. The summed E-state index contributed by atoms with van der Waals surface area (Å²) in [7, 11) is 0. The smallest absolute Gasteiger partial charge is 0.415 e. The molecule has 0 aliphatic rings. The zero-order valence-corrected chi connectivity index (χ0v) is 14.9. The normalized spacial score (nSPS) is 11.0. The summed E-state index contributed by atoms with van der Waals surface area (Å²) in [5.74, 6) is -0.388. The lowest BCUT2D eigenvalue weighted by Crippen LogP contribution is -2.36. The molecule has 0 saturated carbocycles. The number of nitrogens with zero attached hydrogens (tertiary/aromatic N) is 1. The first kappa shape index (κ1) is 18.5. The molecule has 5 heteroatoms. The minimum absolute atomic E-state index is 0.172. The van der Waals surface area contributed by atoms with Crippen molar-refractivity contribution in [1.29, 1.82) is 0 Å². The molecule has 132 valence electrons. The van der Waals surface area contributed by atoms with E-state index >= 15 is 0 Å². The first-order valence-electron chi connectivity index (χ1n) is 8.16. The number of rotatable bonds is 5. The minimum Gasteiger partial charge on any atom is -0.443 e. The highest BCUT2D eigenvalue weighted by molar-refractivity contribution is 5.88. The summed E-state index contributed by atoms with van der Waals surface area (Å²) in [5, 5.41) is 0. The van der Waals surface area contributed by atoms with Gasteiger partial charge in [-0.15, -0.1) is 0 Å². The van der Waals surface area contributed by atoms with Crippen molar-refractivity contribution in [1.82, 2.24) is 0 Å². The fraction of sp³-hybridized carbons (Fsp3) is 0.300. The summed E-state index contributed by atoms with van der Waals surface area (Å²) in [5.41, 5.74) is 7.13. The van der Waals surface area contributed by atoms with Gasteiger partial charge in [-0.3, -0.25) is 9.69 Å². The maximum absolute atomic E-state index is 12.7. The Bertz CT molecular complexity index is 719. The van der Waals surface area contributed by atoms with Crippen molar-refractivity contribution < 1.29 is 14.3 Å². The van der Waals surface area contributed by atoms with Crippen molar-refractivity contribution in [2.45, 2.75) is 39.3 Å². The molecule has 0 aromatic heterocycles. The van der Waals surface area contributed by atoms with E-state index in [1.165, 1.54) is 0 Å². The Morgan fingerprint density at radius 2 is 1.56 bits per heavy atom. The quantitative estimate of drug-likeness (QED) is 0.903. The average Bonchev–Trinajstić information content (AvgIpc) is 2.52. The molecule has 0 atom stereocenters. The van der Waals surface area contributed by atoms with Crippen LogP contribution < -0.4 is 10.6 Å². The van der Waals surface area contributed by atoms with Gasteiger partial charge in [0.25, 0.3) is 0 Å². The van der Waals surface area contributed by atoms with Crippen LogP contribution in [0.3, 0.4) is 0 Å². The number of primary amides is 1. The molecule has 0 fully saturated rings. The van der Waals surface area contributed by atoms with Crippen molar-refractivity contribution >= 4 is 17.7 Å². The number of carbonyl (C=O) groups is 2. The summed E-state index contributed by atoms with van der Waals surface area (Å²) in [6.07, 6.45) is -0.246. The second-order valence-corrected chi connectivity index (χ2v) is 6.86. The molecule has 2 aromatic rings. The van der Waals surface area contributed by atoms with Gasteiger partial charge in [-0.2, -0.15) is 0 Å². The van der Waals surface area contributed by atoms with Crippen LogP contribution in [0.2, 0.25) is 0 Å². The van der Waals surface area contributed by atoms with Crippen LogP contribution in [0, 0.1) is 0 Å². The molecular formula is C20H24N2O3. The Morgan fingerprint density at radius 1 is 0.960 bits per heavy atom. The summed E-state index contributed by atoms with van der Waals surface area (Å²) in [6.45, 7) is 5.90. The standard InChI is InChI=1S/C20H24N2O3/c1-20(2,3)25-19(24)22(14-16-7-5-4-6-8-16)17-11-9-15(10-12-17)13-18(21)23/h4-12H,13-14H2,1-3H3,(H2,21,23). The van der Waals surface area contributed by atoms with Crippen molar-refractivity contribution in [2.24, 2.45) is 5.73 Å². The number of amides is 2. The van der Waals surface area contributed by atoms with Crippen molar-refractivity contribution in [3.8, 4) is 0 Å².